The third-order valence-corrected chi connectivity index (χ3v) is 5.41. The number of hydrogen-bond acceptors (Lipinski definition) is 4. The molecule has 0 aromatic heterocycles. The van der Waals surface area contributed by atoms with E-state index in [9.17, 15) is 14.4 Å². The number of carbonyl (C=O) groups is 3. The molecule has 28 heavy (non-hydrogen) atoms. The summed E-state index contributed by atoms with van der Waals surface area (Å²) in [5, 5.41) is 0. The average Bonchev–Trinajstić information content (AvgIpc) is 2.76. The van der Waals surface area contributed by atoms with E-state index in [0.717, 1.165) is 11.1 Å². The second-order valence-electron chi connectivity index (χ2n) is 7.42. The maximum Gasteiger partial charge on any atom is 0.248 e. The van der Waals surface area contributed by atoms with Crippen molar-refractivity contribution in [2.75, 3.05) is 0 Å². The lowest BCUT2D eigenvalue weighted by atomic mass is 9.68. The van der Waals surface area contributed by atoms with Crippen LogP contribution in [-0.4, -0.2) is 23.8 Å². The molecule has 0 saturated heterocycles. The zero-order chi connectivity index (χ0) is 20.6. The van der Waals surface area contributed by atoms with E-state index in [-0.39, 0.29) is 12.5 Å². The molecule has 3 amide bonds. The molecule has 0 heterocycles. The fourth-order valence-corrected chi connectivity index (χ4v) is 4.22. The highest BCUT2D eigenvalue weighted by atomic mass is 16.2. The first-order valence-electron chi connectivity index (χ1n) is 9.08. The first-order chi connectivity index (χ1) is 13.2. The summed E-state index contributed by atoms with van der Waals surface area (Å²) in [4.78, 5) is 36.2. The molecule has 7 heteroatoms. The van der Waals surface area contributed by atoms with E-state index in [1.165, 1.54) is 0 Å². The van der Waals surface area contributed by atoms with Crippen molar-refractivity contribution in [1.29, 1.82) is 0 Å². The van der Waals surface area contributed by atoms with Gasteiger partial charge in [-0.05, 0) is 72.7 Å². The van der Waals surface area contributed by atoms with Gasteiger partial charge in [-0.15, -0.1) is 0 Å². The van der Waals surface area contributed by atoms with Crippen LogP contribution in [0.5, 0.6) is 0 Å². The number of nitrogens with two attached hydrogens (primary N) is 4. The van der Waals surface area contributed by atoms with Crippen molar-refractivity contribution in [3.63, 3.8) is 0 Å². The van der Waals surface area contributed by atoms with E-state index in [4.69, 9.17) is 22.9 Å². The summed E-state index contributed by atoms with van der Waals surface area (Å²) in [6.45, 7) is 1.81. The Balaban J connectivity index is 2.35. The lowest BCUT2D eigenvalue weighted by Crippen LogP contribution is -2.46. The van der Waals surface area contributed by atoms with Crippen LogP contribution in [0.1, 0.15) is 56.3 Å². The van der Waals surface area contributed by atoms with E-state index in [1.807, 2.05) is 6.92 Å². The zero-order valence-electron chi connectivity index (χ0n) is 15.7. The minimum absolute atomic E-state index is 0.286. The van der Waals surface area contributed by atoms with Gasteiger partial charge in [-0.1, -0.05) is 12.1 Å². The van der Waals surface area contributed by atoms with Gasteiger partial charge in [0.15, 0.2) is 0 Å². The molecule has 0 fully saturated rings. The normalized spacial score (nSPS) is 15.6. The number of carbonyl (C=O) groups excluding carboxylic acids is 3. The molecule has 1 atom stereocenters. The summed E-state index contributed by atoms with van der Waals surface area (Å²) in [5.74, 6) is -1.62. The summed E-state index contributed by atoms with van der Waals surface area (Å²) < 4.78 is 0. The van der Waals surface area contributed by atoms with E-state index < -0.39 is 23.1 Å². The molecule has 1 aliphatic carbocycles. The Bertz CT molecular complexity index is 916. The second-order valence-corrected chi connectivity index (χ2v) is 7.42. The molecule has 1 aliphatic rings. The van der Waals surface area contributed by atoms with Crippen LogP contribution in [-0.2, 0) is 23.1 Å². The molecular weight excluding hydrogens is 356 g/mol. The average molecular weight is 380 g/mol. The Morgan fingerprint density at radius 3 is 1.64 bits per heavy atom. The maximum atomic E-state index is 12.9. The highest BCUT2D eigenvalue weighted by molar-refractivity contribution is 5.96. The van der Waals surface area contributed by atoms with Gasteiger partial charge in [-0.3, -0.25) is 14.4 Å². The van der Waals surface area contributed by atoms with Crippen molar-refractivity contribution in [1.82, 2.24) is 0 Å². The molecule has 3 rings (SSSR count). The van der Waals surface area contributed by atoms with Crippen molar-refractivity contribution < 1.29 is 14.4 Å². The monoisotopic (exact) mass is 380 g/mol. The molecule has 1 unspecified atom stereocenters. The first kappa shape index (κ1) is 19.6. The topological polar surface area (TPSA) is 155 Å². The van der Waals surface area contributed by atoms with Crippen LogP contribution in [0.15, 0.2) is 36.4 Å². The van der Waals surface area contributed by atoms with Crippen LogP contribution in [0.4, 0.5) is 0 Å². The molecule has 146 valence electrons. The molecule has 0 radical (unpaired) electrons. The van der Waals surface area contributed by atoms with Crippen molar-refractivity contribution in [3.05, 3.63) is 69.8 Å². The van der Waals surface area contributed by atoms with Crippen molar-refractivity contribution in [2.45, 2.75) is 37.6 Å². The first-order valence-corrected chi connectivity index (χ1v) is 9.08. The van der Waals surface area contributed by atoms with Gasteiger partial charge in [0.2, 0.25) is 17.7 Å². The van der Waals surface area contributed by atoms with Crippen LogP contribution >= 0.6 is 0 Å². The molecule has 2 aromatic carbocycles. The van der Waals surface area contributed by atoms with Gasteiger partial charge in [-0.25, -0.2) is 0 Å². The highest BCUT2D eigenvalue weighted by Gasteiger charge is 2.45. The van der Waals surface area contributed by atoms with Crippen LogP contribution in [0.3, 0.4) is 0 Å². The summed E-state index contributed by atoms with van der Waals surface area (Å²) in [6, 6.07) is 9.76. The number of aryl methyl sites for hydroxylation is 2. The fourth-order valence-electron chi connectivity index (χ4n) is 4.22. The quantitative estimate of drug-likeness (QED) is 0.595. The highest BCUT2D eigenvalue weighted by Crippen LogP contribution is 2.43. The lowest BCUT2D eigenvalue weighted by molar-refractivity contribution is -0.122. The van der Waals surface area contributed by atoms with E-state index in [0.29, 0.717) is 35.1 Å². The maximum absolute atomic E-state index is 12.9. The summed E-state index contributed by atoms with van der Waals surface area (Å²) in [5.41, 5.74) is 25.5. The fraction of sp³-hybridized carbons (Fsp3) is 0.286. The molecule has 2 aromatic rings. The van der Waals surface area contributed by atoms with Gasteiger partial charge in [0.05, 0.1) is 0 Å². The molecule has 7 nitrogen and oxygen atoms in total. The third-order valence-electron chi connectivity index (χ3n) is 5.41. The summed E-state index contributed by atoms with van der Waals surface area (Å²) in [6.07, 6.45) is 1.40. The van der Waals surface area contributed by atoms with Gasteiger partial charge in [0.1, 0.15) is 5.41 Å². The predicted octanol–water partition coefficient (Wildman–Crippen LogP) is 0.492. The standard InChI is InChI=1S/C21H24N4O3/c1-11(22)10-21(20(25)28)16-6-4-14(18(23)26)8-12(16)2-3-13-9-15(19(24)27)5-7-17(13)21/h4-9,11H,2-3,10,22H2,1H3,(H2,23,26)(H2,24,27)(H2,25,28). The SMILES string of the molecule is CC(N)CC1(C(N)=O)c2ccc(C(N)=O)cc2CCc2cc(C(N)=O)ccc21. The third kappa shape index (κ3) is 3.14. The number of primary amides is 3. The van der Waals surface area contributed by atoms with Crippen molar-refractivity contribution in [3.8, 4) is 0 Å². The molecule has 0 spiro atoms. The molecular formula is C21H24N4O3. The van der Waals surface area contributed by atoms with Gasteiger partial charge in [-0.2, -0.15) is 0 Å². The lowest BCUT2D eigenvalue weighted by Gasteiger charge is -2.35. The molecule has 0 bridgehead atoms. The molecule has 8 N–H and O–H groups in total. The second kappa shape index (κ2) is 7.09. The Morgan fingerprint density at radius 2 is 1.32 bits per heavy atom. The van der Waals surface area contributed by atoms with Crippen LogP contribution < -0.4 is 22.9 Å². The number of rotatable bonds is 5. The molecule has 0 aliphatic heterocycles. The summed E-state index contributed by atoms with van der Waals surface area (Å²) in [7, 11) is 0. The van der Waals surface area contributed by atoms with E-state index in [2.05, 4.69) is 0 Å². The predicted molar refractivity (Wildman–Crippen MR) is 106 cm³/mol. The Kier molecular flexibility index (Phi) is 4.95. The minimum atomic E-state index is -1.18. The van der Waals surface area contributed by atoms with Gasteiger partial charge < -0.3 is 22.9 Å². The largest absolute Gasteiger partial charge is 0.369 e. The van der Waals surface area contributed by atoms with Gasteiger partial charge in [0, 0.05) is 17.2 Å². The Labute approximate surface area is 163 Å². The number of hydrogen-bond donors (Lipinski definition) is 4. The Morgan fingerprint density at radius 1 is 0.893 bits per heavy atom. The Hall–Kier alpha value is -3.19. The number of fused-ring (bicyclic) bond motifs is 2. The van der Waals surface area contributed by atoms with Crippen LogP contribution in [0, 0.1) is 0 Å². The number of benzene rings is 2. The summed E-state index contributed by atoms with van der Waals surface area (Å²) >= 11 is 0. The molecule has 0 saturated carbocycles. The smallest absolute Gasteiger partial charge is 0.248 e. The minimum Gasteiger partial charge on any atom is -0.369 e. The van der Waals surface area contributed by atoms with Gasteiger partial charge in [0.25, 0.3) is 0 Å². The van der Waals surface area contributed by atoms with Crippen LogP contribution in [0.2, 0.25) is 0 Å². The van der Waals surface area contributed by atoms with E-state index in [1.54, 1.807) is 36.4 Å². The van der Waals surface area contributed by atoms with Crippen molar-refractivity contribution >= 4 is 17.7 Å². The number of amides is 3. The van der Waals surface area contributed by atoms with E-state index >= 15 is 0 Å². The van der Waals surface area contributed by atoms with Crippen molar-refractivity contribution in [2.24, 2.45) is 22.9 Å². The zero-order valence-corrected chi connectivity index (χ0v) is 15.7. The van der Waals surface area contributed by atoms with Crippen LogP contribution in [0.25, 0.3) is 0 Å². The van der Waals surface area contributed by atoms with Gasteiger partial charge >= 0.3 is 0 Å².